The second kappa shape index (κ2) is 9.39. The summed E-state index contributed by atoms with van der Waals surface area (Å²) in [6, 6.07) is 23.4. The van der Waals surface area contributed by atoms with Crippen LogP contribution in [0.15, 0.2) is 72.8 Å². The Morgan fingerprint density at radius 1 is 1.03 bits per heavy atom. The summed E-state index contributed by atoms with van der Waals surface area (Å²) < 4.78 is 1.75. The van der Waals surface area contributed by atoms with Gasteiger partial charge in [0.15, 0.2) is 5.65 Å². The summed E-state index contributed by atoms with van der Waals surface area (Å²) in [5.74, 6) is 0.0117. The summed E-state index contributed by atoms with van der Waals surface area (Å²) in [5.41, 5.74) is 12.3. The minimum Gasteiger partial charge on any atom is -0.384 e. The van der Waals surface area contributed by atoms with Gasteiger partial charge >= 0.3 is 0 Å². The lowest BCUT2D eigenvalue weighted by atomic mass is 10.1. The Morgan fingerprint density at radius 3 is 2.43 bits per heavy atom. The molecule has 2 heterocycles. The van der Waals surface area contributed by atoms with E-state index in [4.69, 9.17) is 27.3 Å². The van der Waals surface area contributed by atoms with Gasteiger partial charge in [-0.3, -0.25) is 9.36 Å². The Bertz CT molecular complexity index is 1540. The number of anilines is 1. The Morgan fingerprint density at radius 2 is 1.71 bits per heavy atom. The van der Waals surface area contributed by atoms with Crippen LogP contribution in [-0.2, 0) is 6.42 Å². The first-order valence-corrected chi connectivity index (χ1v) is 12.0. The van der Waals surface area contributed by atoms with Crippen LogP contribution in [0.25, 0.3) is 27.9 Å². The molecule has 0 aliphatic carbocycles. The highest BCUT2D eigenvalue weighted by Crippen LogP contribution is 2.32. The Hall–Kier alpha value is -3.90. The van der Waals surface area contributed by atoms with E-state index in [0.717, 1.165) is 29.6 Å². The van der Waals surface area contributed by atoms with Crippen LogP contribution in [0.4, 0.5) is 5.82 Å². The number of aromatic nitrogens is 3. The minimum atomic E-state index is -0.269. The van der Waals surface area contributed by atoms with Gasteiger partial charge in [-0.1, -0.05) is 60.1 Å². The largest absolute Gasteiger partial charge is 0.384 e. The van der Waals surface area contributed by atoms with E-state index in [1.807, 2.05) is 74.5 Å². The van der Waals surface area contributed by atoms with Gasteiger partial charge in [0.1, 0.15) is 16.9 Å². The van der Waals surface area contributed by atoms with Crippen molar-refractivity contribution in [2.24, 2.45) is 0 Å². The van der Waals surface area contributed by atoms with Crippen molar-refractivity contribution in [3.8, 4) is 5.69 Å². The van der Waals surface area contributed by atoms with Crippen LogP contribution < -0.4 is 11.1 Å². The van der Waals surface area contributed by atoms with Gasteiger partial charge in [-0.25, -0.2) is 9.97 Å². The van der Waals surface area contributed by atoms with Crippen LogP contribution in [0.1, 0.15) is 34.8 Å². The number of amides is 1. The zero-order valence-corrected chi connectivity index (χ0v) is 20.4. The normalized spacial score (nSPS) is 12.2. The van der Waals surface area contributed by atoms with Gasteiger partial charge in [0, 0.05) is 11.1 Å². The van der Waals surface area contributed by atoms with Crippen LogP contribution in [-0.4, -0.2) is 26.5 Å². The molecule has 35 heavy (non-hydrogen) atoms. The maximum atomic E-state index is 13.5. The second-order valence-corrected chi connectivity index (χ2v) is 9.22. The number of benzene rings is 3. The minimum absolute atomic E-state index is 0.0530. The molecule has 1 unspecified atom stereocenters. The number of nitrogens with one attached hydrogen (secondary N) is 1. The first-order valence-electron chi connectivity index (χ1n) is 11.6. The third kappa shape index (κ3) is 4.45. The van der Waals surface area contributed by atoms with Crippen LogP contribution in [0.5, 0.6) is 0 Å². The summed E-state index contributed by atoms with van der Waals surface area (Å²) in [5, 5.41) is 3.72. The van der Waals surface area contributed by atoms with Crippen molar-refractivity contribution < 1.29 is 4.79 Å². The molecule has 7 heteroatoms. The molecule has 5 aromatic rings. The second-order valence-electron chi connectivity index (χ2n) is 8.81. The van der Waals surface area contributed by atoms with Crippen molar-refractivity contribution in [2.45, 2.75) is 32.7 Å². The smallest absolute Gasteiger partial charge is 0.257 e. The van der Waals surface area contributed by atoms with Crippen molar-refractivity contribution in [1.82, 2.24) is 19.9 Å². The number of nitrogens with two attached hydrogens (primary N) is 1. The average molecular weight is 484 g/mol. The predicted molar refractivity (Wildman–Crippen MR) is 142 cm³/mol. The number of nitrogens with zero attached hydrogens (tertiary/aromatic N) is 3. The zero-order chi connectivity index (χ0) is 24.5. The lowest BCUT2D eigenvalue weighted by Gasteiger charge is -2.14. The van der Waals surface area contributed by atoms with E-state index in [0.29, 0.717) is 27.3 Å². The van der Waals surface area contributed by atoms with Gasteiger partial charge in [-0.15, -0.1) is 0 Å². The third-order valence-corrected chi connectivity index (χ3v) is 6.63. The number of rotatable bonds is 6. The number of fused-ring (bicyclic) bond motifs is 2. The van der Waals surface area contributed by atoms with E-state index in [1.165, 1.54) is 5.56 Å². The summed E-state index contributed by atoms with van der Waals surface area (Å²) in [6.07, 6.45) is 1.67. The van der Waals surface area contributed by atoms with Crippen molar-refractivity contribution in [2.75, 3.05) is 5.73 Å². The maximum absolute atomic E-state index is 13.5. The number of hydrogen-bond donors (Lipinski definition) is 2. The molecule has 1 amide bonds. The summed E-state index contributed by atoms with van der Waals surface area (Å²) >= 11 is 6.42. The molecule has 3 N–H and O–H groups in total. The van der Waals surface area contributed by atoms with E-state index in [-0.39, 0.29) is 17.8 Å². The molecule has 176 valence electrons. The van der Waals surface area contributed by atoms with Gasteiger partial charge in [-0.05, 0) is 62.1 Å². The molecular formula is C28H26ClN5O. The number of aryl methyl sites for hydroxylation is 2. The maximum Gasteiger partial charge on any atom is 0.257 e. The summed E-state index contributed by atoms with van der Waals surface area (Å²) in [4.78, 5) is 23.1. The Labute approximate surface area is 208 Å². The molecule has 0 spiro atoms. The first-order chi connectivity index (χ1) is 16.9. The molecule has 0 aliphatic rings. The molecule has 0 aliphatic heterocycles. The lowest BCUT2D eigenvalue weighted by molar-refractivity contribution is 0.0941. The number of carbonyl (C=O) groups excluding carboxylic acids is 1. The van der Waals surface area contributed by atoms with Crippen LogP contribution in [0.3, 0.4) is 0 Å². The predicted octanol–water partition coefficient (Wildman–Crippen LogP) is 5.87. The highest BCUT2D eigenvalue weighted by Gasteiger charge is 2.25. The molecule has 3 aromatic carbocycles. The van der Waals surface area contributed by atoms with E-state index in [1.54, 1.807) is 4.57 Å². The highest BCUT2D eigenvalue weighted by molar-refractivity contribution is 6.31. The van der Waals surface area contributed by atoms with Crippen LogP contribution in [0.2, 0.25) is 5.02 Å². The molecule has 0 saturated heterocycles. The van der Waals surface area contributed by atoms with E-state index in [2.05, 4.69) is 17.4 Å². The van der Waals surface area contributed by atoms with Crippen molar-refractivity contribution in [3.05, 3.63) is 94.5 Å². The quantitative estimate of drug-likeness (QED) is 0.316. The zero-order valence-electron chi connectivity index (χ0n) is 19.6. The molecule has 5 rings (SSSR count). The van der Waals surface area contributed by atoms with Gasteiger partial charge in [-0.2, -0.15) is 0 Å². The molecule has 0 radical (unpaired) electrons. The Balaban J connectivity index is 1.56. The van der Waals surface area contributed by atoms with Gasteiger partial charge < -0.3 is 11.1 Å². The molecule has 1 atom stereocenters. The fourth-order valence-corrected chi connectivity index (χ4v) is 4.44. The average Bonchev–Trinajstić information content (AvgIpc) is 3.14. The van der Waals surface area contributed by atoms with Crippen LogP contribution in [0, 0.1) is 6.92 Å². The van der Waals surface area contributed by atoms with Crippen molar-refractivity contribution in [1.29, 1.82) is 0 Å². The number of para-hydroxylation sites is 2. The fraction of sp³-hybridized carbons (Fsp3) is 0.179. The molecular weight excluding hydrogens is 458 g/mol. The van der Waals surface area contributed by atoms with E-state index >= 15 is 0 Å². The Kier molecular flexibility index (Phi) is 6.14. The number of hydrogen-bond acceptors (Lipinski definition) is 4. The van der Waals surface area contributed by atoms with Crippen molar-refractivity contribution in [3.63, 3.8) is 0 Å². The monoisotopic (exact) mass is 483 g/mol. The lowest BCUT2D eigenvalue weighted by Crippen LogP contribution is -2.33. The number of halogens is 1. The standard InChI is InChI=1S/C28H26ClN5O/c1-17-12-15-20(16-21(17)29)34-26(30)24(25-27(34)33-23-11-7-6-10-22(23)32-25)28(35)31-18(2)13-14-19-8-4-3-5-9-19/h3-12,15-16,18H,13-14,30H2,1-2H3,(H,31,35). The highest BCUT2D eigenvalue weighted by atomic mass is 35.5. The molecule has 6 nitrogen and oxygen atoms in total. The molecule has 0 fully saturated rings. The van der Waals surface area contributed by atoms with E-state index in [9.17, 15) is 4.79 Å². The van der Waals surface area contributed by atoms with Crippen LogP contribution >= 0.6 is 11.6 Å². The molecule has 0 bridgehead atoms. The topological polar surface area (TPSA) is 85.8 Å². The fourth-order valence-electron chi connectivity index (χ4n) is 4.26. The summed E-state index contributed by atoms with van der Waals surface area (Å²) in [7, 11) is 0. The number of nitrogen functional groups attached to an aromatic ring is 1. The molecule has 2 aromatic heterocycles. The number of carbonyl (C=O) groups is 1. The SMILES string of the molecule is Cc1ccc(-n2c(N)c(C(=O)NC(C)CCc3ccccc3)c3nc4ccccc4nc32)cc1Cl. The molecule has 0 saturated carbocycles. The van der Waals surface area contributed by atoms with E-state index < -0.39 is 0 Å². The van der Waals surface area contributed by atoms with Crippen molar-refractivity contribution >= 4 is 45.5 Å². The first kappa shape index (κ1) is 22.9. The van der Waals surface area contributed by atoms with Gasteiger partial charge in [0.25, 0.3) is 5.91 Å². The third-order valence-electron chi connectivity index (χ3n) is 6.22. The van der Waals surface area contributed by atoms with Gasteiger partial charge in [0.2, 0.25) is 0 Å². The van der Waals surface area contributed by atoms with Gasteiger partial charge in [0.05, 0.1) is 16.7 Å². The summed E-state index contributed by atoms with van der Waals surface area (Å²) in [6.45, 7) is 3.93.